The Morgan fingerprint density at radius 3 is 2.41 bits per heavy atom. The van der Waals surface area contributed by atoms with Gasteiger partial charge in [0.15, 0.2) is 0 Å². The van der Waals surface area contributed by atoms with Crippen molar-refractivity contribution in [3.63, 3.8) is 0 Å². The second-order valence-corrected chi connectivity index (χ2v) is 9.05. The molecule has 10 atom stereocenters. The fraction of sp³-hybridized carbons (Fsp3) is 1.00. The summed E-state index contributed by atoms with van der Waals surface area (Å²) in [6, 6.07) is 0. The van der Waals surface area contributed by atoms with Crippen molar-refractivity contribution in [1.82, 2.24) is 0 Å². The van der Waals surface area contributed by atoms with Gasteiger partial charge in [-0.15, -0.1) is 0 Å². The first kappa shape index (κ1) is 15.4. The summed E-state index contributed by atoms with van der Waals surface area (Å²) in [5, 5.41) is 10.7. The fourth-order valence-electron chi connectivity index (χ4n) is 7.53. The van der Waals surface area contributed by atoms with E-state index in [4.69, 9.17) is 4.74 Å². The lowest BCUT2D eigenvalue weighted by Gasteiger charge is -2.44. The lowest BCUT2D eigenvalue weighted by atomic mass is 9.61. The Morgan fingerprint density at radius 1 is 0.955 bits per heavy atom. The molecule has 0 aliphatic heterocycles. The van der Waals surface area contributed by atoms with E-state index in [0.29, 0.717) is 5.92 Å². The number of fused-ring (bicyclic) bond motifs is 9. The van der Waals surface area contributed by atoms with Crippen LogP contribution in [0.3, 0.4) is 0 Å². The maximum absolute atomic E-state index is 10.7. The van der Waals surface area contributed by atoms with Crippen molar-refractivity contribution in [2.45, 2.75) is 58.5 Å². The smallest absolute Gasteiger partial charge is 0.0571 e. The number of hydrogen-bond acceptors (Lipinski definition) is 2. The molecule has 4 rings (SSSR count). The molecule has 0 spiro atoms. The molecule has 4 saturated carbocycles. The Labute approximate surface area is 136 Å². The minimum atomic E-state index is -0.0420. The molecule has 0 aromatic heterocycles. The van der Waals surface area contributed by atoms with Crippen molar-refractivity contribution < 1.29 is 9.84 Å². The molecule has 1 N–H and O–H groups in total. The van der Waals surface area contributed by atoms with Crippen molar-refractivity contribution in [3.05, 3.63) is 0 Å². The van der Waals surface area contributed by atoms with Gasteiger partial charge in [-0.2, -0.15) is 0 Å². The quantitative estimate of drug-likeness (QED) is 0.594. The highest BCUT2D eigenvalue weighted by Gasteiger charge is 2.66. The van der Waals surface area contributed by atoms with Crippen LogP contribution < -0.4 is 0 Å². The number of aliphatic hydroxyl groups excluding tert-OH is 1. The zero-order chi connectivity index (χ0) is 15.4. The highest BCUT2D eigenvalue weighted by Crippen LogP contribution is 2.71. The number of hydrogen-bond donors (Lipinski definition) is 1. The standard InChI is InChI=1S/C20H34O2/c1-11-12(2)15-10-14(11)19-13-8-16(17(9-13)20(15)19)18(21)6-4-5-7-22-3/h11-21H,4-10H2,1-3H3. The first-order valence-corrected chi connectivity index (χ1v) is 9.80. The minimum Gasteiger partial charge on any atom is -0.393 e. The molecule has 0 aromatic rings. The Kier molecular flexibility index (Phi) is 4.05. The van der Waals surface area contributed by atoms with E-state index in [-0.39, 0.29) is 6.10 Å². The van der Waals surface area contributed by atoms with Crippen LogP contribution in [0.25, 0.3) is 0 Å². The van der Waals surface area contributed by atoms with Crippen molar-refractivity contribution in [1.29, 1.82) is 0 Å². The fourth-order valence-corrected chi connectivity index (χ4v) is 7.53. The maximum Gasteiger partial charge on any atom is 0.0571 e. The second-order valence-electron chi connectivity index (χ2n) is 9.05. The molecule has 4 fully saturated rings. The maximum atomic E-state index is 10.7. The van der Waals surface area contributed by atoms with Crippen LogP contribution in [-0.2, 0) is 4.74 Å². The van der Waals surface area contributed by atoms with Crippen molar-refractivity contribution in [2.75, 3.05) is 13.7 Å². The van der Waals surface area contributed by atoms with Gasteiger partial charge in [-0.1, -0.05) is 13.8 Å². The van der Waals surface area contributed by atoms with Crippen LogP contribution in [0.15, 0.2) is 0 Å². The van der Waals surface area contributed by atoms with E-state index in [1.165, 1.54) is 19.3 Å². The number of aliphatic hydroxyl groups is 1. The van der Waals surface area contributed by atoms with Gasteiger partial charge in [-0.05, 0) is 91.8 Å². The SMILES string of the molecule is COCCCCC(O)C1CC2CC1C1C3CC(C(C)C3C)C21. The molecule has 0 radical (unpaired) electrons. The predicted octanol–water partition coefficient (Wildman–Crippen LogP) is 3.97. The lowest BCUT2D eigenvalue weighted by Crippen LogP contribution is -2.41. The molecular formula is C20H34O2. The van der Waals surface area contributed by atoms with Crippen LogP contribution in [-0.4, -0.2) is 24.9 Å². The van der Waals surface area contributed by atoms with Crippen molar-refractivity contribution >= 4 is 0 Å². The third kappa shape index (κ3) is 2.13. The number of methoxy groups -OCH3 is 1. The van der Waals surface area contributed by atoms with Gasteiger partial charge in [0.1, 0.15) is 0 Å². The van der Waals surface area contributed by atoms with Gasteiger partial charge in [-0.25, -0.2) is 0 Å². The van der Waals surface area contributed by atoms with Gasteiger partial charge in [0.25, 0.3) is 0 Å². The Balaban J connectivity index is 1.39. The summed E-state index contributed by atoms with van der Waals surface area (Å²) < 4.78 is 5.13. The normalized spacial score (nSPS) is 53.2. The molecule has 0 aromatic carbocycles. The van der Waals surface area contributed by atoms with Gasteiger partial charge in [0.05, 0.1) is 6.10 Å². The van der Waals surface area contributed by atoms with E-state index in [2.05, 4.69) is 13.8 Å². The van der Waals surface area contributed by atoms with Crippen LogP contribution in [0, 0.1) is 53.3 Å². The van der Waals surface area contributed by atoms with Gasteiger partial charge >= 0.3 is 0 Å². The third-order valence-electron chi connectivity index (χ3n) is 8.49. The summed E-state index contributed by atoms with van der Waals surface area (Å²) in [5.74, 6) is 8.37. The van der Waals surface area contributed by atoms with Gasteiger partial charge in [-0.3, -0.25) is 0 Å². The van der Waals surface area contributed by atoms with Gasteiger partial charge in [0.2, 0.25) is 0 Å². The Bertz CT molecular complexity index is 409. The molecule has 4 bridgehead atoms. The molecule has 2 nitrogen and oxygen atoms in total. The first-order chi connectivity index (χ1) is 10.6. The van der Waals surface area contributed by atoms with Crippen molar-refractivity contribution in [2.24, 2.45) is 53.3 Å². The van der Waals surface area contributed by atoms with Crippen LogP contribution in [0.4, 0.5) is 0 Å². The predicted molar refractivity (Wildman–Crippen MR) is 88.3 cm³/mol. The van der Waals surface area contributed by atoms with Crippen LogP contribution in [0.2, 0.25) is 0 Å². The first-order valence-electron chi connectivity index (χ1n) is 9.80. The van der Waals surface area contributed by atoms with E-state index >= 15 is 0 Å². The largest absolute Gasteiger partial charge is 0.393 e. The van der Waals surface area contributed by atoms with E-state index in [0.717, 1.165) is 73.2 Å². The Hall–Kier alpha value is -0.0800. The zero-order valence-corrected chi connectivity index (χ0v) is 14.6. The highest BCUT2D eigenvalue weighted by atomic mass is 16.5. The molecule has 4 aliphatic rings. The van der Waals surface area contributed by atoms with E-state index in [9.17, 15) is 5.11 Å². The Morgan fingerprint density at radius 2 is 1.68 bits per heavy atom. The van der Waals surface area contributed by atoms with Crippen LogP contribution in [0.1, 0.15) is 52.4 Å². The summed E-state index contributed by atoms with van der Waals surface area (Å²) in [7, 11) is 1.77. The van der Waals surface area contributed by atoms with E-state index in [1.54, 1.807) is 7.11 Å². The van der Waals surface area contributed by atoms with E-state index in [1.807, 2.05) is 0 Å². The second kappa shape index (κ2) is 5.77. The number of rotatable bonds is 6. The summed E-state index contributed by atoms with van der Waals surface area (Å²) in [6.07, 6.45) is 7.47. The highest BCUT2D eigenvalue weighted by molar-refractivity contribution is 5.14. The van der Waals surface area contributed by atoms with Crippen LogP contribution in [0.5, 0.6) is 0 Å². The van der Waals surface area contributed by atoms with Crippen molar-refractivity contribution in [3.8, 4) is 0 Å². The van der Waals surface area contributed by atoms with E-state index < -0.39 is 0 Å². The average molecular weight is 306 g/mol. The lowest BCUT2D eigenvalue weighted by molar-refractivity contribution is -0.00794. The molecule has 0 saturated heterocycles. The monoisotopic (exact) mass is 306 g/mol. The molecule has 4 aliphatic carbocycles. The third-order valence-corrected chi connectivity index (χ3v) is 8.49. The van der Waals surface area contributed by atoms with Crippen LogP contribution >= 0.6 is 0 Å². The summed E-state index contributed by atoms with van der Waals surface area (Å²) >= 11 is 0. The average Bonchev–Trinajstić information content (AvgIpc) is 3.23. The summed E-state index contributed by atoms with van der Waals surface area (Å²) in [6.45, 7) is 5.86. The summed E-state index contributed by atoms with van der Waals surface area (Å²) in [4.78, 5) is 0. The molecule has 22 heavy (non-hydrogen) atoms. The topological polar surface area (TPSA) is 29.5 Å². The summed E-state index contributed by atoms with van der Waals surface area (Å²) in [5.41, 5.74) is 0. The molecule has 0 heterocycles. The molecular weight excluding hydrogens is 272 g/mol. The number of unbranched alkanes of at least 4 members (excludes halogenated alkanes) is 1. The minimum absolute atomic E-state index is 0.0420. The number of ether oxygens (including phenoxy) is 1. The molecule has 0 amide bonds. The molecule has 126 valence electrons. The zero-order valence-electron chi connectivity index (χ0n) is 14.6. The van der Waals surface area contributed by atoms with Gasteiger partial charge < -0.3 is 9.84 Å². The molecule has 10 unspecified atom stereocenters. The van der Waals surface area contributed by atoms with Gasteiger partial charge in [0, 0.05) is 13.7 Å². The molecule has 2 heteroatoms.